The first-order valence-electron chi connectivity index (χ1n) is 5.31. The van der Waals surface area contributed by atoms with E-state index >= 15 is 0 Å². The molecule has 0 N–H and O–H groups in total. The monoisotopic (exact) mass is 288 g/mol. The van der Waals surface area contributed by atoms with Gasteiger partial charge in [-0.25, -0.2) is 16.8 Å². The standard InChI is InChI=1S/C9H20O6S2/c1-4-14-9(15-5-2)8-17(12,13)7-6-16(3,10)11/h9H,4-8H2,1-3H3. The third-order valence-corrected chi connectivity index (χ3v) is 4.67. The van der Waals surface area contributed by atoms with Crippen molar-refractivity contribution in [3.63, 3.8) is 0 Å². The summed E-state index contributed by atoms with van der Waals surface area (Å²) >= 11 is 0. The molecule has 0 saturated heterocycles. The van der Waals surface area contributed by atoms with Gasteiger partial charge in [0.15, 0.2) is 16.1 Å². The number of hydrogen-bond donors (Lipinski definition) is 0. The van der Waals surface area contributed by atoms with Gasteiger partial charge in [-0.2, -0.15) is 0 Å². The fraction of sp³-hybridized carbons (Fsp3) is 1.00. The maximum Gasteiger partial charge on any atom is 0.171 e. The SMILES string of the molecule is CCOC(CS(=O)(=O)CCS(C)(=O)=O)OCC. The lowest BCUT2D eigenvalue weighted by atomic mass is 10.7. The van der Waals surface area contributed by atoms with Crippen molar-refractivity contribution in [1.82, 2.24) is 0 Å². The molecule has 0 amide bonds. The Morgan fingerprint density at radius 1 is 0.941 bits per heavy atom. The first-order valence-corrected chi connectivity index (χ1v) is 9.19. The second kappa shape index (κ2) is 7.30. The van der Waals surface area contributed by atoms with Gasteiger partial charge in [0.2, 0.25) is 0 Å². The van der Waals surface area contributed by atoms with Gasteiger partial charge in [0.25, 0.3) is 0 Å². The fourth-order valence-corrected chi connectivity index (χ4v) is 4.09. The number of rotatable bonds is 9. The number of ether oxygens (including phenoxy) is 2. The van der Waals surface area contributed by atoms with Crippen molar-refractivity contribution < 1.29 is 26.3 Å². The molecule has 0 heterocycles. The lowest BCUT2D eigenvalue weighted by Crippen LogP contribution is -2.30. The number of hydrogen-bond acceptors (Lipinski definition) is 6. The lowest BCUT2D eigenvalue weighted by molar-refractivity contribution is -0.120. The third kappa shape index (κ3) is 9.51. The maximum atomic E-state index is 11.6. The molecule has 0 aromatic heterocycles. The summed E-state index contributed by atoms with van der Waals surface area (Å²) in [6, 6.07) is 0. The van der Waals surface area contributed by atoms with Crippen LogP contribution in [0.25, 0.3) is 0 Å². The molecule has 6 nitrogen and oxygen atoms in total. The Kier molecular flexibility index (Phi) is 7.22. The molecule has 0 saturated carbocycles. The summed E-state index contributed by atoms with van der Waals surface area (Å²) in [7, 11) is -6.77. The Bertz CT molecular complexity index is 391. The van der Waals surface area contributed by atoms with Crippen LogP contribution in [0.2, 0.25) is 0 Å². The summed E-state index contributed by atoms with van der Waals surface area (Å²) in [5, 5.41) is 0. The van der Waals surface area contributed by atoms with Crippen molar-refractivity contribution in [1.29, 1.82) is 0 Å². The van der Waals surface area contributed by atoms with Gasteiger partial charge in [0.05, 0.1) is 11.5 Å². The Labute approximate surface area is 103 Å². The summed E-state index contributed by atoms with van der Waals surface area (Å²) in [6.45, 7) is 4.14. The topological polar surface area (TPSA) is 86.7 Å². The van der Waals surface area contributed by atoms with Crippen LogP contribution < -0.4 is 0 Å². The molecular formula is C9H20O6S2. The second-order valence-corrected chi connectivity index (χ2v) is 8.07. The highest BCUT2D eigenvalue weighted by Crippen LogP contribution is 2.03. The average molecular weight is 288 g/mol. The van der Waals surface area contributed by atoms with Crippen LogP contribution in [0.3, 0.4) is 0 Å². The maximum absolute atomic E-state index is 11.6. The Balaban J connectivity index is 4.40. The van der Waals surface area contributed by atoms with Crippen molar-refractivity contribution >= 4 is 19.7 Å². The van der Waals surface area contributed by atoms with E-state index in [1.165, 1.54) is 0 Å². The van der Waals surface area contributed by atoms with E-state index in [-0.39, 0.29) is 11.5 Å². The minimum Gasteiger partial charge on any atom is -0.352 e. The molecular weight excluding hydrogens is 268 g/mol. The van der Waals surface area contributed by atoms with Crippen LogP contribution in [0.1, 0.15) is 13.8 Å². The van der Waals surface area contributed by atoms with E-state index in [9.17, 15) is 16.8 Å². The van der Waals surface area contributed by atoms with Crippen molar-refractivity contribution in [2.24, 2.45) is 0 Å². The minimum atomic E-state index is -3.49. The van der Waals surface area contributed by atoms with E-state index in [1.807, 2.05) is 0 Å². The molecule has 0 atom stereocenters. The zero-order valence-corrected chi connectivity index (χ0v) is 12.0. The molecule has 0 aromatic carbocycles. The van der Waals surface area contributed by atoms with Crippen LogP contribution in [0.4, 0.5) is 0 Å². The van der Waals surface area contributed by atoms with Gasteiger partial charge in [-0.3, -0.25) is 0 Å². The Hall–Kier alpha value is -0.180. The largest absolute Gasteiger partial charge is 0.352 e. The molecule has 0 bridgehead atoms. The van der Waals surface area contributed by atoms with Gasteiger partial charge in [-0.15, -0.1) is 0 Å². The van der Waals surface area contributed by atoms with Gasteiger partial charge in [0, 0.05) is 19.5 Å². The van der Waals surface area contributed by atoms with Gasteiger partial charge in [-0.1, -0.05) is 0 Å². The summed E-state index contributed by atoms with van der Waals surface area (Å²) in [4.78, 5) is 0. The van der Waals surface area contributed by atoms with Gasteiger partial charge < -0.3 is 9.47 Å². The lowest BCUT2D eigenvalue weighted by Gasteiger charge is -2.16. The summed E-state index contributed by atoms with van der Waals surface area (Å²) in [5.41, 5.74) is 0. The molecule has 0 aromatic rings. The fourth-order valence-electron chi connectivity index (χ4n) is 1.09. The molecule has 0 unspecified atom stereocenters. The first kappa shape index (κ1) is 16.8. The molecule has 0 fully saturated rings. The second-order valence-electron chi connectivity index (χ2n) is 3.58. The normalized spacial score (nSPS) is 13.2. The van der Waals surface area contributed by atoms with E-state index in [2.05, 4.69) is 0 Å². The van der Waals surface area contributed by atoms with Crippen molar-refractivity contribution in [2.75, 3.05) is 36.7 Å². The molecule has 0 aliphatic carbocycles. The van der Waals surface area contributed by atoms with E-state index in [0.29, 0.717) is 13.2 Å². The van der Waals surface area contributed by atoms with Crippen LogP contribution >= 0.6 is 0 Å². The molecule has 104 valence electrons. The smallest absolute Gasteiger partial charge is 0.171 e. The third-order valence-electron chi connectivity index (χ3n) is 1.86. The van der Waals surface area contributed by atoms with Crippen molar-refractivity contribution in [3.8, 4) is 0 Å². The highest BCUT2D eigenvalue weighted by Gasteiger charge is 2.21. The molecule has 0 radical (unpaired) electrons. The molecule has 0 aliphatic heterocycles. The zero-order valence-electron chi connectivity index (χ0n) is 10.4. The quantitative estimate of drug-likeness (QED) is 0.548. The number of sulfone groups is 2. The summed E-state index contributed by atoms with van der Waals surface area (Å²) in [6.07, 6.45) is 0.181. The highest BCUT2D eigenvalue weighted by atomic mass is 32.2. The predicted molar refractivity (Wildman–Crippen MR) is 65.4 cm³/mol. The van der Waals surface area contributed by atoms with E-state index < -0.39 is 31.7 Å². The predicted octanol–water partition coefficient (Wildman–Crippen LogP) is -0.155. The molecule has 0 aliphatic rings. The van der Waals surface area contributed by atoms with Crippen LogP contribution in [-0.2, 0) is 29.1 Å². The highest BCUT2D eigenvalue weighted by molar-refractivity contribution is 7.94. The molecule has 8 heteroatoms. The van der Waals surface area contributed by atoms with Gasteiger partial charge >= 0.3 is 0 Å². The van der Waals surface area contributed by atoms with Gasteiger partial charge in [0.1, 0.15) is 15.6 Å². The van der Waals surface area contributed by atoms with Crippen molar-refractivity contribution in [2.45, 2.75) is 20.1 Å². The van der Waals surface area contributed by atoms with E-state index in [1.54, 1.807) is 13.8 Å². The zero-order chi connectivity index (χ0) is 13.5. The van der Waals surface area contributed by atoms with E-state index in [0.717, 1.165) is 6.26 Å². The van der Waals surface area contributed by atoms with Crippen LogP contribution in [-0.4, -0.2) is 59.9 Å². The minimum absolute atomic E-state index is 0.315. The summed E-state index contributed by atoms with van der Waals surface area (Å²) < 4.78 is 55.2. The molecule has 0 rings (SSSR count). The average Bonchev–Trinajstić information content (AvgIpc) is 2.14. The van der Waals surface area contributed by atoms with E-state index in [4.69, 9.17) is 9.47 Å². The molecule has 17 heavy (non-hydrogen) atoms. The van der Waals surface area contributed by atoms with Crippen molar-refractivity contribution in [3.05, 3.63) is 0 Å². The van der Waals surface area contributed by atoms with Gasteiger partial charge in [-0.05, 0) is 13.8 Å². The van der Waals surface area contributed by atoms with Crippen LogP contribution in [0.5, 0.6) is 0 Å². The van der Waals surface area contributed by atoms with Crippen LogP contribution in [0.15, 0.2) is 0 Å². The summed E-state index contributed by atoms with van der Waals surface area (Å²) in [5.74, 6) is -1.09. The Morgan fingerprint density at radius 2 is 1.41 bits per heavy atom. The molecule has 0 spiro atoms. The Morgan fingerprint density at radius 3 is 1.76 bits per heavy atom. The van der Waals surface area contributed by atoms with Crippen LogP contribution in [0, 0.1) is 0 Å². The first-order chi connectivity index (χ1) is 7.70.